The Labute approximate surface area is 111 Å². The van der Waals surface area contributed by atoms with Gasteiger partial charge in [-0.2, -0.15) is 0 Å². The molecule has 0 spiro atoms. The lowest BCUT2D eigenvalue weighted by Gasteiger charge is -2.25. The molecule has 1 heterocycles. The highest BCUT2D eigenvalue weighted by atomic mass is 32.2. The number of carboxylic acid groups (broad SMARTS) is 1. The van der Waals surface area contributed by atoms with Crippen molar-refractivity contribution in [1.82, 2.24) is 14.8 Å². The zero-order chi connectivity index (χ0) is 13.6. The summed E-state index contributed by atoms with van der Waals surface area (Å²) in [6, 6.07) is 0. The molecular weight excluding hydrogens is 254 g/mol. The maximum atomic E-state index is 10.5. The van der Waals surface area contributed by atoms with Crippen LogP contribution in [0, 0.1) is 5.41 Å². The topological polar surface area (TPSA) is 77.2 Å². The summed E-state index contributed by atoms with van der Waals surface area (Å²) >= 11 is 1.18. The first kappa shape index (κ1) is 15.0. The van der Waals surface area contributed by atoms with E-state index >= 15 is 0 Å². The van der Waals surface area contributed by atoms with E-state index in [4.69, 9.17) is 9.84 Å². The predicted octanol–water partition coefficient (Wildman–Crippen LogP) is 1.52. The van der Waals surface area contributed by atoms with Crippen LogP contribution in [-0.2, 0) is 16.1 Å². The molecule has 0 saturated heterocycles. The van der Waals surface area contributed by atoms with Gasteiger partial charge in [0.2, 0.25) is 0 Å². The fourth-order valence-electron chi connectivity index (χ4n) is 1.51. The number of ether oxygens (including phenoxy) is 1. The van der Waals surface area contributed by atoms with Crippen molar-refractivity contribution in [3.05, 3.63) is 6.33 Å². The van der Waals surface area contributed by atoms with Crippen LogP contribution in [0.2, 0.25) is 0 Å². The molecule has 0 bridgehead atoms. The highest BCUT2D eigenvalue weighted by Gasteiger charge is 2.20. The number of rotatable bonds is 8. The van der Waals surface area contributed by atoms with Gasteiger partial charge in [0.15, 0.2) is 5.16 Å². The minimum Gasteiger partial charge on any atom is -0.481 e. The van der Waals surface area contributed by atoms with Crippen LogP contribution < -0.4 is 0 Å². The number of carboxylic acids is 1. The van der Waals surface area contributed by atoms with Crippen molar-refractivity contribution in [2.24, 2.45) is 5.41 Å². The standard InChI is InChI=1S/C11H19N3O3S/c1-11(2,4-5-17-3)7-14-8-12-13-10(14)18-6-9(15)16/h8H,4-7H2,1-3H3,(H,15,16). The van der Waals surface area contributed by atoms with Crippen LogP contribution in [0.1, 0.15) is 20.3 Å². The van der Waals surface area contributed by atoms with E-state index < -0.39 is 5.97 Å². The third-order valence-corrected chi connectivity index (χ3v) is 3.45. The first-order chi connectivity index (χ1) is 8.44. The third-order valence-electron chi connectivity index (χ3n) is 2.49. The molecule has 0 aliphatic rings. The third kappa shape index (κ3) is 5.05. The summed E-state index contributed by atoms with van der Waals surface area (Å²) in [7, 11) is 1.68. The summed E-state index contributed by atoms with van der Waals surface area (Å²) < 4.78 is 6.97. The number of aliphatic carboxylic acids is 1. The Balaban J connectivity index is 2.61. The Bertz CT molecular complexity index is 393. The summed E-state index contributed by atoms with van der Waals surface area (Å²) in [5.74, 6) is -0.856. The van der Waals surface area contributed by atoms with Gasteiger partial charge in [-0.15, -0.1) is 10.2 Å². The minimum atomic E-state index is -0.854. The van der Waals surface area contributed by atoms with Gasteiger partial charge in [0.25, 0.3) is 0 Å². The van der Waals surface area contributed by atoms with Crippen molar-refractivity contribution < 1.29 is 14.6 Å². The predicted molar refractivity (Wildman–Crippen MR) is 68.7 cm³/mol. The van der Waals surface area contributed by atoms with E-state index in [1.54, 1.807) is 13.4 Å². The van der Waals surface area contributed by atoms with Crippen LogP contribution in [0.25, 0.3) is 0 Å². The van der Waals surface area contributed by atoms with Gasteiger partial charge in [0, 0.05) is 20.3 Å². The molecule has 1 aromatic rings. The van der Waals surface area contributed by atoms with Crippen LogP contribution >= 0.6 is 11.8 Å². The van der Waals surface area contributed by atoms with E-state index in [2.05, 4.69) is 24.0 Å². The number of hydrogen-bond donors (Lipinski definition) is 1. The highest BCUT2D eigenvalue weighted by molar-refractivity contribution is 7.99. The number of carbonyl (C=O) groups is 1. The van der Waals surface area contributed by atoms with Gasteiger partial charge in [-0.25, -0.2) is 0 Å². The van der Waals surface area contributed by atoms with Crippen LogP contribution in [-0.4, -0.2) is 45.3 Å². The second-order valence-electron chi connectivity index (χ2n) is 4.83. The van der Waals surface area contributed by atoms with Crippen molar-refractivity contribution in [3.8, 4) is 0 Å². The summed E-state index contributed by atoms with van der Waals surface area (Å²) in [4.78, 5) is 10.5. The first-order valence-electron chi connectivity index (χ1n) is 5.66. The van der Waals surface area contributed by atoms with Gasteiger partial charge in [0.1, 0.15) is 6.33 Å². The second-order valence-corrected chi connectivity index (χ2v) is 5.77. The van der Waals surface area contributed by atoms with Gasteiger partial charge >= 0.3 is 5.97 Å². The fourth-order valence-corrected chi connectivity index (χ4v) is 2.14. The number of nitrogens with zero attached hydrogens (tertiary/aromatic N) is 3. The van der Waals surface area contributed by atoms with E-state index in [0.717, 1.165) is 13.0 Å². The molecule has 18 heavy (non-hydrogen) atoms. The number of aromatic nitrogens is 3. The van der Waals surface area contributed by atoms with Crippen molar-refractivity contribution in [1.29, 1.82) is 0 Å². The zero-order valence-electron chi connectivity index (χ0n) is 10.9. The van der Waals surface area contributed by atoms with Crippen molar-refractivity contribution in [2.45, 2.75) is 32.0 Å². The average molecular weight is 273 g/mol. The van der Waals surface area contributed by atoms with Crippen LogP contribution in [0.3, 0.4) is 0 Å². The molecule has 6 nitrogen and oxygen atoms in total. The smallest absolute Gasteiger partial charge is 0.313 e. The van der Waals surface area contributed by atoms with Gasteiger partial charge in [-0.3, -0.25) is 4.79 Å². The summed E-state index contributed by atoms with van der Waals surface area (Å²) in [5.41, 5.74) is 0.0525. The first-order valence-corrected chi connectivity index (χ1v) is 6.64. The van der Waals surface area contributed by atoms with Crippen LogP contribution in [0.5, 0.6) is 0 Å². The summed E-state index contributed by atoms with van der Waals surface area (Å²) in [5, 5.41) is 17.1. The highest BCUT2D eigenvalue weighted by Crippen LogP contribution is 2.25. The van der Waals surface area contributed by atoms with Gasteiger partial charge in [-0.1, -0.05) is 25.6 Å². The Morgan fingerprint density at radius 2 is 2.33 bits per heavy atom. The molecule has 1 aromatic heterocycles. The maximum absolute atomic E-state index is 10.5. The minimum absolute atomic E-state index is 0.00278. The summed E-state index contributed by atoms with van der Waals surface area (Å²) in [6.45, 7) is 5.72. The average Bonchev–Trinajstić information content (AvgIpc) is 2.70. The van der Waals surface area contributed by atoms with E-state index in [9.17, 15) is 4.79 Å². The Kier molecular flexibility index (Phi) is 5.61. The molecule has 1 N–H and O–H groups in total. The molecule has 0 aromatic carbocycles. The molecule has 0 aliphatic heterocycles. The molecular formula is C11H19N3O3S. The van der Waals surface area contributed by atoms with E-state index in [1.807, 2.05) is 4.57 Å². The van der Waals surface area contributed by atoms with E-state index in [-0.39, 0.29) is 11.2 Å². The van der Waals surface area contributed by atoms with E-state index in [1.165, 1.54) is 11.8 Å². The van der Waals surface area contributed by atoms with Gasteiger partial charge < -0.3 is 14.4 Å². The molecule has 0 aliphatic carbocycles. The number of hydrogen-bond acceptors (Lipinski definition) is 5. The molecule has 0 saturated carbocycles. The Hall–Kier alpha value is -1.08. The lowest BCUT2D eigenvalue weighted by atomic mass is 9.90. The number of thioether (sulfide) groups is 1. The molecule has 0 unspecified atom stereocenters. The zero-order valence-corrected chi connectivity index (χ0v) is 11.7. The summed E-state index contributed by atoms with van der Waals surface area (Å²) in [6.07, 6.45) is 2.56. The lowest BCUT2D eigenvalue weighted by molar-refractivity contribution is -0.133. The van der Waals surface area contributed by atoms with E-state index in [0.29, 0.717) is 11.8 Å². The van der Waals surface area contributed by atoms with Crippen LogP contribution in [0.4, 0.5) is 0 Å². The van der Waals surface area contributed by atoms with Gasteiger partial charge in [0.05, 0.1) is 5.75 Å². The largest absolute Gasteiger partial charge is 0.481 e. The molecule has 0 amide bonds. The Morgan fingerprint density at radius 1 is 1.61 bits per heavy atom. The molecule has 102 valence electrons. The maximum Gasteiger partial charge on any atom is 0.313 e. The van der Waals surface area contributed by atoms with Crippen molar-refractivity contribution >= 4 is 17.7 Å². The fraction of sp³-hybridized carbons (Fsp3) is 0.727. The normalized spacial score (nSPS) is 11.7. The monoisotopic (exact) mass is 273 g/mol. The molecule has 0 atom stereocenters. The molecule has 7 heteroatoms. The number of methoxy groups -OCH3 is 1. The lowest BCUT2D eigenvalue weighted by Crippen LogP contribution is -2.21. The van der Waals surface area contributed by atoms with Crippen molar-refractivity contribution in [3.63, 3.8) is 0 Å². The van der Waals surface area contributed by atoms with Crippen LogP contribution in [0.15, 0.2) is 11.5 Å². The van der Waals surface area contributed by atoms with Crippen molar-refractivity contribution in [2.75, 3.05) is 19.5 Å². The quantitative estimate of drug-likeness (QED) is 0.724. The molecule has 1 rings (SSSR count). The SMILES string of the molecule is COCCC(C)(C)Cn1cnnc1SCC(=O)O. The Morgan fingerprint density at radius 3 is 2.94 bits per heavy atom. The van der Waals surface area contributed by atoms with Gasteiger partial charge in [-0.05, 0) is 11.8 Å². The molecule has 0 fully saturated rings. The second kappa shape index (κ2) is 6.75. The molecule has 0 radical (unpaired) electrons.